The van der Waals surface area contributed by atoms with E-state index >= 15 is 0 Å². The van der Waals surface area contributed by atoms with Crippen molar-refractivity contribution in [2.24, 2.45) is 0 Å². The minimum Gasteiger partial charge on any atom is -0.455 e. The van der Waals surface area contributed by atoms with Crippen molar-refractivity contribution >= 4 is 65.6 Å². The van der Waals surface area contributed by atoms with Gasteiger partial charge in [0.05, 0.1) is 22.1 Å². The van der Waals surface area contributed by atoms with Crippen LogP contribution in [0.1, 0.15) is 0 Å². The molecule has 12 rings (SSSR count). The van der Waals surface area contributed by atoms with Gasteiger partial charge in [-0.1, -0.05) is 133 Å². The van der Waals surface area contributed by atoms with Crippen LogP contribution in [0.15, 0.2) is 211 Å². The Morgan fingerprint density at radius 3 is 1.65 bits per heavy atom. The Bertz CT molecular complexity index is 3510. The number of fused-ring (bicyclic) bond motifs is 9. The van der Waals surface area contributed by atoms with E-state index in [-0.39, 0.29) is 0 Å². The summed E-state index contributed by atoms with van der Waals surface area (Å²) in [6.45, 7) is 0. The van der Waals surface area contributed by atoms with Crippen molar-refractivity contribution in [1.29, 1.82) is 0 Å². The topological polar surface area (TPSA) is 23.0 Å². The molecule has 0 aliphatic rings. The molecule has 0 radical (unpaired) electrons. The zero-order chi connectivity index (χ0) is 37.5. The summed E-state index contributed by atoms with van der Waals surface area (Å²) in [6.07, 6.45) is 0. The molecular formula is C54H34N2O. The van der Waals surface area contributed by atoms with Crippen molar-refractivity contribution in [3.05, 3.63) is 206 Å². The summed E-state index contributed by atoms with van der Waals surface area (Å²) >= 11 is 0. The standard InChI is InChI=1S/C54H34N2O/c1-3-14-35(15-4-1)36-16-13-19-41(30-36)56-50-24-11-8-21-43(50)47-31-37(27-29-51(47)56)39-32-46(54-48(33-39)45-22-9-12-25-53(45)57-54)38-26-28-44-42-20-7-10-23-49(42)55(52(44)34-38)40-17-5-2-6-18-40/h1-34H. The van der Waals surface area contributed by atoms with Gasteiger partial charge in [-0.3, -0.25) is 0 Å². The van der Waals surface area contributed by atoms with Crippen molar-refractivity contribution in [2.45, 2.75) is 0 Å². The number of nitrogens with zero attached hydrogens (tertiary/aromatic N) is 2. The highest BCUT2D eigenvalue weighted by Crippen LogP contribution is 2.43. The molecule has 0 spiro atoms. The van der Waals surface area contributed by atoms with Crippen molar-refractivity contribution in [2.75, 3.05) is 0 Å². The minimum absolute atomic E-state index is 0.890. The average molecular weight is 727 g/mol. The molecule has 3 aromatic heterocycles. The molecule has 12 aromatic rings. The molecule has 3 nitrogen and oxygen atoms in total. The number of rotatable bonds is 5. The van der Waals surface area contributed by atoms with E-state index in [1.54, 1.807) is 0 Å². The van der Waals surface area contributed by atoms with Crippen LogP contribution in [0.3, 0.4) is 0 Å². The molecule has 57 heavy (non-hydrogen) atoms. The molecule has 0 saturated carbocycles. The number of aromatic nitrogens is 2. The summed E-state index contributed by atoms with van der Waals surface area (Å²) in [7, 11) is 0. The van der Waals surface area contributed by atoms with E-state index in [0.717, 1.165) is 55.6 Å². The monoisotopic (exact) mass is 726 g/mol. The van der Waals surface area contributed by atoms with Gasteiger partial charge < -0.3 is 13.6 Å². The van der Waals surface area contributed by atoms with Gasteiger partial charge in [0, 0.05) is 49.3 Å². The summed E-state index contributed by atoms with van der Waals surface area (Å²) < 4.78 is 11.5. The molecule has 0 unspecified atom stereocenters. The quantitative estimate of drug-likeness (QED) is 0.173. The maximum absolute atomic E-state index is 6.73. The van der Waals surface area contributed by atoms with Gasteiger partial charge in [-0.05, 0) is 101 Å². The Hall–Kier alpha value is -7.62. The number of benzene rings is 9. The molecule has 0 atom stereocenters. The normalized spacial score (nSPS) is 11.9. The number of hydrogen-bond acceptors (Lipinski definition) is 1. The first-order chi connectivity index (χ1) is 28.3. The van der Waals surface area contributed by atoms with Gasteiger partial charge in [-0.25, -0.2) is 0 Å². The van der Waals surface area contributed by atoms with Crippen LogP contribution in [0.25, 0.3) is 110 Å². The summed E-state index contributed by atoms with van der Waals surface area (Å²) in [5.74, 6) is 0. The second-order valence-corrected chi connectivity index (χ2v) is 14.9. The molecular weight excluding hydrogens is 693 g/mol. The van der Waals surface area contributed by atoms with Gasteiger partial charge in [0.1, 0.15) is 11.2 Å². The van der Waals surface area contributed by atoms with E-state index in [0.29, 0.717) is 0 Å². The first-order valence-corrected chi connectivity index (χ1v) is 19.5. The fourth-order valence-corrected chi connectivity index (χ4v) is 9.09. The van der Waals surface area contributed by atoms with E-state index in [1.165, 1.54) is 54.7 Å². The first kappa shape index (κ1) is 31.7. The third-order valence-electron chi connectivity index (χ3n) is 11.7. The molecule has 0 aliphatic carbocycles. The molecule has 0 aliphatic heterocycles. The van der Waals surface area contributed by atoms with E-state index in [9.17, 15) is 0 Å². The Balaban J connectivity index is 1.08. The first-order valence-electron chi connectivity index (χ1n) is 19.5. The fourth-order valence-electron chi connectivity index (χ4n) is 9.09. The molecule has 0 fully saturated rings. The summed E-state index contributed by atoms with van der Waals surface area (Å²) in [4.78, 5) is 0. The SMILES string of the molecule is c1ccc(-c2cccc(-n3c4ccccc4c4cc(-c5cc(-c6ccc7c8ccccc8n(-c8ccccc8)c7c6)c6oc7ccccc7c6c5)ccc43)c2)cc1. The van der Waals surface area contributed by atoms with Gasteiger partial charge >= 0.3 is 0 Å². The lowest BCUT2D eigenvalue weighted by Gasteiger charge is -2.12. The third-order valence-corrected chi connectivity index (χ3v) is 11.7. The zero-order valence-corrected chi connectivity index (χ0v) is 30.9. The van der Waals surface area contributed by atoms with Gasteiger partial charge in [0.25, 0.3) is 0 Å². The van der Waals surface area contributed by atoms with Crippen molar-refractivity contribution in [1.82, 2.24) is 9.13 Å². The zero-order valence-electron chi connectivity index (χ0n) is 30.9. The van der Waals surface area contributed by atoms with Gasteiger partial charge in [-0.2, -0.15) is 0 Å². The molecule has 0 bridgehead atoms. The highest BCUT2D eigenvalue weighted by Gasteiger charge is 2.19. The summed E-state index contributed by atoms with van der Waals surface area (Å²) in [5.41, 5.74) is 15.7. The predicted molar refractivity (Wildman–Crippen MR) is 239 cm³/mol. The fraction of sp³-hybridized carbons (Fsp3) is 0. The molecule has 3 heterocycles. The molecule has 9 aromatic carbocycles. The minimum atomic E-state index is 0.890. The van der Waals surface area contributed by atoms with Crippen LogP contribution in [0.5, 0.6) is 0 Å². The van der Waals surface area contributed by atoms with E-state index < -0.39 is 0 Å². The average Bonchev–Trinajstić information content (AvgIpc) is 3.94. The van der Waals surface area contributed by atoms with Gasteiger partial charge in [0.15, 0.2) is 0 Å². The van der Waals surface area contributed by atoms with Crippen LogP contribution in [-0.2, 0) is 0 Å². The highest BCUT2D eigenvalue weighted by atomic mass is 16.3. The second kappa shape index (κ2) is 12.5. The third kappa shape index (κ3) is 4.92. The van der Waals surface area contributed by atoms with Crippen molar-refractivity contribution < 1.29 is 4.42 Å². The van der Waals surface area contributed by atoms with Crippen LogP contribution in [0.2, 0.25) is 0 Å². The second-order valence-electron chi connectivity index (χ2n) is 14.9. The Morgan fingerprint density at radius 2 is 0.842 bits per heavy atom. The Labute approximate surface area is 328 Å². The summed E-state index contributed by atoms with van der Waals surface area (Å²) in [5, 5.41) is 7.15. The molecule has 0 amide bonds. The van der Waals surface area contributed by atoms with Crippen LogP contribution >= 0.6 is 0 Å². The van der Waals surface area contributed by atoms with Crippen LogP contribution in [-0.4, -0.2) is 9.13 Å². The molecule has 0 N–H and O–H groups in total. The smallest absolute Gasteiger partial charge is 0.143 e. The Morgan fingerprint density at radius 1 is 0.281 bits per heavy atom. The number of para-hydroxylation sites is 4. The molecule has 266 valence electrons. The van der Waals surface area contributed by atoms with Crippen molar-refractivity contribution in [3.8, 4) is 44.8 Å². The highest BCUT2D eigenvalue weighted by molar-refractivity contribution is 6.15. The lowest BCUT2D eigenvalue weighted by Crippen LogP contribution is -1.94. The van der Waals surface area contributed by atoms with Crippen LogP contribution < -0.4 is 0 Å². The Kier molecular flexibility index (Phi) is 6.93. The van der Waals surface area contributed by atoms with E-state index in [2.05, 4.69) is 215 Å². The van der Waals surface area contributed by atoms with Gasteiger partial charge in [0.2, 0.25) is 0 Å². The van der Waals surface area contributed by atoms with Gasteiger partial charge in [-0.15, -0.1) is 0 Å². The molecule has 0 saturated heterocycles. The lowest BCUT2D eigenvalue weighted by molar-refractivity contribution is 0.670. The maximum Gasteiger partial charge on any atom is 0.143 e. The largest absolute Gasteiger partial charge is 0.455 e. The van der Waals surface area contributed by atoms with E-state index in [1.807, 2.05) is 0 Å². The number of hydrogen-bond donors (Lipinski definition) is 0. The molecule has 3 heteroatoms. The van der Waals surface area contributed by atoms with Crippen molar-refractivity contribution in [3.63, 3.8) is 0 Å². The van der Waals surface area contributed by atoms with Crippen LogP contribution in [0.4, 0.5) is 0 Å². The van der Waals surface area contributed by atoms with Crippen LogP contribution in [0, 0.1) is 0 Å². The lowest BCUT2D eigenvalue weighted by atomic mass is 9.94. The summed E-state index contributed by atoms with van der Waals surface area (Å²) in [6, 6.07) is 74.5. The van der Waals surface area contributed by atoms with E-state index in [4.69, 9.17) is 4.42 Å². The number of furan rings is 1. The predicted octanol–water partition coefficient (Wildman–Crippen LogP) is 14.8. The maximum atomic E-state index is 6.73.